The first kappa shape index (κ1) is 17.6. The van der Waals surface area contributed by atoms with Gasteiger partial charge >= 0.3 is 0 Å². The molecule has 0 aliphatic heterocycles. The average Bonchev–Trinajstić information content (AvgIpc) is 3.04. The number of aryl methyl sites for hydroxylation is 1. The number of nitrogens with one attached hydrogen (secondary N) is 1. The lowest BCUT2D eigenvalue weighted by molar-refractivity contribution is -0.115. The zero-order chi connectivity index (χ0) is 17.6. The third-order valence-corrected chi connectivity index (χ3v) is 4.85. The Morgan fingerprint density at radius 2 is 1.88 bits per heavy atom. The van der Waals surface area contributed by atoms with Crippen molar-refractivity contribution in [2.24, 2.45) is 0 Å². The Labute approximate surface area is 159 Å². The van der Waals surface area contributed by atoms with E-state index in [4.69, 9.17) is 4.74 Å². The average molecular weight is 417 g/mol. The number of hydrogen-bond acceptors (Lipinski definition) is 4. The van der Waals surface area contributed by atoms with Crippen LogP contribution in [0.3, 0.4) is 0 Å². The molecule has 0 saturated carbocycles. The predicted octanol–water partition coefficient (Wildman–Crippen LogP) is 4.97. The largest absolute Gasteiger partial charge is 0.486 e. The summed E-state index contributed by atoms with van der Waals surface area (Å²) in [6, 6.07) is 15.4. The Morgan fingerprint density at radius 3 is 2.60 bits per heavy atom. The molecule has 0 fully saturated rings. The van der Waals surface area contributed by atoms with E-state index in [0.29, 0.717) is 6.61 Å². The van der Waals surface area contributed by atoms with Crippen LogP contribution in [0.25, 0.3) is 0 Å². The molecule has 2 aromatic carbocycles. The van der Waals surface area contributed by atoms with Crippen LogP contribution in [0.4, 0.5) is 5.69 Å². The minimum atomic E-state index is -0.0846. The maximum atomic E-state index is 12.1. The summed E-state index contributed by atoms with van der Waals surface area (Å²) in [4.78, 5) is 16.6. The van der Waals surface area contributed by atoms with Crippen molar-refractivity contribution in [2.45, 2.75) is 20.0 Å². The first-order valence-electron chi connectivity index (χ1n) is 7.77. The zero-order valence-corrected chi connectivity index (χ0v) is 16.1. The maximum Gasteiger partial charge on any atom is 0.230 e. The van der Waals surface area contributed by atoms with Crippen LogP contribution in [0.15, 0.2) is 58.4 Å². The molecule has 3 aromatic rings. The normalized spacial score (nSPS) is 10.5. The van der Waals surface area contributed by atoms with Gasteiger partial charge in [0.2, 0.25) is 5.91 Å². The van der Waals surface area contributed by atoms with Gasteiger partial charge in [-0.15, -0.1) is 11.3 Å². The van der Waals surface area contributed by atoms with Crippen LogP contribution >= 0.6 is 27.3 Å². The predicted molar refractivity (Wildman–Crippen MR) is 104 cm³/mol. The summed E-state index contributed by atoms with van der Waals surface area (Å²) < 4.78 is 6.69. The fourth-order valence-electron chi connectivity index (χ4n) is 2.18. The number of amides is 1. The Bertz CT molecular complexity index is 845. The summed E-state index contributed by atoms with van der Waals surface area (Å²) in [6.07, 6.45) is 0.247. The third-order valence-electron chi connectivity index (χ3n) is 3.45. The highest BCUT2D eigenvalue weighted by atomic mass is 79.9. The number of carbonyl (C=O) groups excluding carboxylic acids is 1. The van der Waals surface area contributed by atoms with Gasteiger partial charge in [0, 0.05) is 15.5 Å². The van der Waals surface area contributed by atoms with Crippen LogP contribution in [0, 0.1) is 6.92 Å². The lowest BCUT2D eigenvalue weighted by atomic mass is 10.2. The summed E-state index contributed by atoms with van der Waals surface area (Å²) >= 11 is 4.87. The highest BCUT2D eigenvalue weighted by Crippen LogP contribution is 2.17. The van der Waals surface area contributed by atoms with Crippen molar-refractivity contribution < 1.29 is 9.53 Å². The van der Waals surface area contributed by atoms with Crippen molar-refractivity contribution >= 4 is 38.9 Å². The van der Waals surface area contributed by atoms with Crippen molar-refractivity contribution in [2.75, 3.05) is 5.32 Å². The number of nitrogens with zero attached hydrogens (tertiary/aromatic N) is 1. The number of thiazole rings is 1. The van der Waals surface area contributed by atoms with Crippen molar-refractivity contribution in [1.29, 1.82) is 0 Å². The molecule has 0 spiro atoms. The van der Waals surface area contributed by atoms with Crippen LogP contribution in [0.1, 0.15) is 16.3 Å². The number of anilines is 1. The van der Waals surface area contributed by atoms with E-state index in [2.05, 4.69) is 26.2 Å². The zero-order valence-electron chi connectivity index (χ0n) is 13.7. The van der Waals surface area contributed by atoms with Crippen molar-refractivity contribution in [3.05, 3.63) is 74.6 Å². The highest BCUT2D eigenvalue weighted by Gasteiger charge is 2.09. The lowest BCUT2D eigenvalue weighted by Gasteiger charge is -2.04. The number of benzene rings is 2. The fraction of sp³-hybridized carbons (Fsp3) is 0.158. The molecule has 3 rings (SSSR count). The Hall–Kier alpha value is -2.18. The number of hydrogen-bond donors (Lipinski definition) is 1. The Balaban J connectivity index is 1.51. The molecule has 0 aliphatic carbocycles. The van der Waals surface area contributed by atoms with Gasteiger partial charge in [0.05, 0.1) is 12.1 Å². The molecule has 0 saturated heterocycles. The van der Waals surface area contributed by atoms with Gasteiger partial charge in [-0.05, 0) is 43.3 Å². The molecule has 6 heteroatoms. The first-order chi connectivity index (χ1) is 12.1. The molecule has 1 heterocycles. The molecule has 25 heavy (non-hydrogen) atoms. The Morgan fingerprint density at radius 1 is 1.16 bits per heavy atom. The molecule has 0 bridgehead atoms. The van der Waals surface area contributed by atoms with E-state index in [0.717, 1.165) is 26.6 Å². The van der Waals surface area contributed by atoms with E-state index in [1.165, 1.54) is 16.9 Å². The molecular formula is C19H17BrN2O2S. The number of halogens is 1. The molecule has 1 aromatic heterocycles. The smallest absolute Gasteiger partial charge is 0.230 e. The van der Waals surface area contributed by atoms with E-state index < -0.39 is 0 Å². The van der Waals surface area contributed by atoms with E-state index in [9.17, 15) is 4.79 Å². The van der Waals surface area contributed by atoms with E-state index in [1.54, 1.807) is 0 Å². The van der Waals surface area contributed by atoms with E-state index in [1.807, 2.05) is 60.8 Å². The summed E-state index contributed by atoms with van der Waals surface area (Å²) in [7, 11) is 0. The molecule has 0 radical (unpaired) electrons. The topological polar surface area (TPSA) is 51.2 Å². The molecule has 4 nitrogen and oxygen atoms in total. The second-order valence-corrected chi connectivity index (χ2v) is 7.42. The standard InChI is InChI=1S/C19H17BrN2O2S/c1-13-2-8-17(9-3-13)24-11-19-22-16(12-25-19)10-18(23)21-15-6-4-14(20)5-7-15/h2-9,12H,10-11H2,1H3,(H,21,23). The lowest BCUT2D eigenvalue weighted by Crippen LogP contribution is -2.14. The quantitative estimate of drug-likeness (QED) is 0.616. The van der Waals surface area contributed by atoms with Crippen LogP contribution < -0.4 is 10.1 Å². The van der Waals surface area contributed by atoms with Gasteiger partial charge in [0.1, 0.15) is 17.4 Å². The van der Waals surface area contributed by atoms with Gasteiger partial charge < -0.3 is 10.1 Å². The van der Waals surface area contributed by atoms with Crippen LogP contribution in [0.2, 0.25) is 0 Å². The van der Waals surface area contributed by atoms with Gasteiger partial charge in [-0.3, -0.25) is 4.79 Å². The van der Waals surface area contributed by atoms with E-state index in [-0.39, 0.29) is 12.3 Å². The summed E-state index contributed by atoms with van der Waals surface area (Å²) in [5.74, 6) is 0.731. The minimum absolute atomic E-state index is 0.0846. The van der Waals surface area contributed by atoms with Gasteiger partial charge in [0.25, 0.3) is 0 Å². The van der Waals surface area contributed by atoms with Crippen molar-refractivity contribution in [3.8, 4) is 5.75 Å². The van der Waals surface area contributed by atoms with Crippen LogP contribution in [-0.4, -0.2) is 10.9 Å². The molecular weight excluding hydrogens is 400 g/mol. The maximum absolute atomic E-state index is 12.1. The van der Waals surface area contributed by atoms with Crippen LogP contribution in [-0.2, 0) is 17.8 Å². The van der Waals surface area contributed by atoms with Crippen LogP contribution in [0.5, 0.6) is 5.75 Å². The molecule has 1 amide bonds. The fourth-order valence-corrected chi connectivity index (χ4v) is 3.15. The molecule has 128 valence electrons. The van der Waals surface area contributed by atoms with Gasteiger partial charge in [-0.1, -0.05) is 33.6 Å². The number of aromatic nitrogens is 1. The third kappa shape index (κ3) is 5.41. The molecule has 0 aliphatic rings. The van der Waals surface area contributed by atoms with Gasteiger partial charge in [-0.2, -0.15) is 0 Å². The summed E-state index contributed by atoms with van der Waals surface area (Å²) in [6.45, 7) is 2.44. The van der Waals surface area contributed by atoms with Crippen molar-refractivity contribution in [1.82, 2.24) is 4.98 Å². The first-order valence-corrected chi connectivity index (χ1v) is 9.44. The van der Waals surface area contributed by atoms with Gasteiger partial charge in [-0.25, -0.2) is 4.98 Å². The number of rotatable bonds is 6. The molecule has 0 atom stereocenters. The molecule has 1 N–H and O–H groups in total. The molecule has 0 unspecified atom stereocenters. The second kappa shape index (κ2) is 8.27. The van der Waals surface area contributed by atoms with E-state index >= 15 is 0 Å². The highest BCUT2D eigenvalue weighted by molar-refractivity contribution is 9.10. The summed E-state index contributed by atoms with van der Waals surface area (Å²) in [5.41, 5.74) is 2.72. The second-order valence-electron chi connectivity index (χ2n) is 5.57. The van der Waals surface area contributed by atoms with Crippen molar-refractivity contribution in [3.63, 3.8) is 0 Å². The number of carbonyl (C=O) groups is 1. The number of ether oxygens (including phenoxy) is 1. The SMILES string of the molecule is Cc1ccc(OCc2nc(CC(=O)Nc3ccc(Br)cc3)cs2)cc1. The monoisotopic (exact) mass is 416 g/mol. The summed E-state index contributed by atoms with van der Waals surface area (Å²) in [5, 5.41) is 5.62. The minimum Gasteiger partial charge on any atom is -0.486 e. The van der Waals surface area contributed by atoms with Gasteiger partial charge in [0.15, 0.2) is 0 Å². The Kier molecular flexibility index (Phi) is 5.83.